The Labute approximate surface area is 417 Å². The first-order valence-electron chi connectivity index (χ1n) is 29.8. The van der Waals surface area contributed by atoms with E-state index in [0.29, 0.717) is 19.3 Å². The van der Waals surface area contributed by atoms with Gasteiger partial charge in [0.1, 0.15) is 13.2 Å². The summed E-state index contributed by atoms with van der Waals surface area (Å²) in [6.45, 7) is 6.59. The maximum absolute atomic E-state index is 12.9. The van der Waals surface area contributed by atoms with Gasteiger partial charge in [-0.2, -0.15) is 0 Å². The lowest BCUT2D eigenvalue weighted by Gasteiger charge is -2.18. The molecule has 1 atom stereocenters. The van der Waals surface area contributed by atoms with Crippen molar-refractivity contribution < 1.29 is 28.6 Å². The number of allylic oxidation sites excluding steroid dienone is 4. The van der Waals surface area contributed by atoms with Crippen molar-refractivity contribution in [1.29, 1.82) is 0 Å². The maximum atomic E-state index is 12.9. The summed E-state index contributed by atoms with van der Waals surface area (Å²) >= 11 is 0. The van der Waals surface area contributed by atoms with Gasteiger partial charge in [0.2, 0.25) is 0 Å². The van der Waals surface area contributed by atoms with E-state index < -0.39 is 6.10 Å². The molecular formula is C61H114O6. The minimum atomic E-state index is -0.769. The zero-order valence-corrected chi connectivity index (χ0v) is 45.2. The average molecular weight is 944 g/mol. The summed E-state index contributed by atoms with van der Waals surface area (Å²) in [7, 11) is 0. The van der Waals surface area contributed by atoms with Crippen molar-refractivity contribution in [2.24, 2.45) is 0 Å². The number of carbonyl (C=O) groups is 3. The Hall–Kier alpha value is -2.11. The average Bonchev–Trinajstić information content (AvgIpc) is 3.33. The molecule has 0 aliphatic carbocycles. The zero-order chi connectivity index (χ0) is 48.6. The molecule has 0 aromatic rings. The molecule has 67 heavy (non-hydrogen) atoms. The Bertz CT molecular complexity index is 1080. The van der Waals surface area contributed by atoms with Gasteiger partial charge in [-0.3, -0.25) is 14.4 Å². The van der Waals surface area contributed by atoms with Crippen LogP contribution >= 0.6 is 0 Å². The van der Waals surface area contributed by atoms with Crippen LogP contribution in [0.3, 0.4) is 0 Å². The van der Waals surface area contributed by atoms with Gasteiger partial charge in [-0.25, -0.2) is 0 Å². The van der Waals surface area contributed by atoms with Crippen LogP contribution in [0.2, 0.25) is 0 Å². The standard InChI is InChI=1S/C61H114O6/c1-4-7-10-13-16-19-22-25-28-30-32-33-36-39-42-45-48-51-54-60(63)66-57-58(56-65-59(62)53-50-47-44-41-38-35-27-24-21-18-15-12-9-6-3)67-61(64)55-52-49-46-43-40-37-34-31-29-26-23-20-17-14-11-8-5-2/h9,12,18,21,58H,4-8,10-11,13-17,19-20,22-57H2,1-3H3/b12-9-,21-18-. The molecule has 0 saturated heterocycles. The van der Waals surface area contributed by atoms with E-state index in [-0.39, 0.29) is 31.1 Å². The van der Waals surface area contributed by atoms with Gasteiger partial charge in [0, 0.05) is 19.3 Å². The topological polar surface area (TPSA) is 78.9 Å². The van der Waals surface area contributed by atoms with Gasteiger partial charge in [0.15, 0.2) is 6.10 Å². The van der Waals surface area contributed by atoms with Gasteiger partial charge in [-0.1, -0.05) is 289 Å². The van der Waals surface area contributed by atoms with Crippen LogP contribution in [0.4, 0.5) is 0 Å². The fourth-order valence-electron chi connectivity index (χ4n) is 9.01. The summed E-state index contributed by atoms with van der Waals surface area (Å²) in [6.07, 6.45) is 66.0. The Balaban J connectivity index is 4.30. The molecule has 6 heteroatoms. The fraction of sp³-hybridized carbons (Fsp3) is 0.885. The number of hydrogen-bond donors (Lipinski definition) is 0. The Morgan fingerprint density at radius 1 is 0.313 bits per heavy atom. The minimum absolute atomic E-state index is 0.0678. The smallest absolute Gasteiger partial charge is 0.306 e. The molecule has 6 nitrogen and oxygen atoms in total. The monoisotopic (exact) mass is 943 g/mol. The highest BCUT2D eigenvalue weighted by atomic mass is 16.6. The SMILES string of the molecule is CC/C=C\C/C=C\CCCCCCCCCC(=O)OCC(COC(=O)CCCCCCCCCCCCCCCCCCCC)OC(=O)CCCCCCCCCCCCCCCCCCC. The zero-order valence-electron chi connectivity index (χ0n) is 45.2. The van der Waals surface area contributed by atoms with Crippen molar-refractivity contribution in [3.8, 4) is 0 Å². The predicted octanol–water partition coefficient (Wildman–Crippen LogP) is 19.9. The molecule has 0 radical (unpaired) electrons. The number of unbranched alkanes of at least 4 members (excludes halogenated alkanes) is 40. The van der Waals surface area contributed by atoms with E-state index in [1.165, 1.54) is 212 Å². The molecule has 394 valence electrons. The second-order valence-corrected chi connectivity index (χ2v) is 20.2. The molecule has 0 amide bonds. The van der Waals surface area contributed by atoms with Crippen molar-refractivity contribution in [1.82, 2.24) is 0 Å². The van der Waals surface area contributed by atoms with Crippen molar-refractivity contribution in [3.63, 3.8) is 0 Å². The lowest BCUT2D eigenvalue weighted by molar-refractivity contribution is -0.167. The van der Waals surface area contributed by atoms with Gasteiger partial charge in [-0.15, -0.1) is 0 Å². The third-order valence-electron chi connectivity index (χ3n) is 13.5. The molecule has 0 aromatic heterocycles. The highest BCUT2D eigenvalue weighted by Gasteiger charge is 2.19. The van der Waals surface area contributed by atoms with Crippen molar-refractivity contribution in [3.05, 3.63) is 24.3 Å². The normalized spacial score (nSPS) is 12.1. The number of esters is 3. The van der Waals surface area contributed by atoms with Crippen LogP contribution in [0.25, 0.3) is 0 Å². The van der Waals surface area contributed by atoms with Gasteiger partial charge in [0.25, 0.3) is 0 Å². The second kappa shape index (κ2) is 56.5. The number of ether oxygens (including phenoxy) is 3. The van der Waals surface area contributed by atoms with E-state index in [4.69, 9.17) is 14.2 Å². The molecule has 0 heterocycles. The summed E-state index contributed by atoms with van der Waals surface area (Å²) in [5.74, 6) is -0.852. The molecule has 0 spiro atoms. The van der Waals surface area contributed by atoms with E-state index >= 15 is 0 Å². The van der Waals surface area contributed by atoms with Crippen LogP contribution in [0.15, 0.2) is 24.3 Å². The molecule has 0 aliphatic rings. The molecule has 1 unspecified atom stereocenters. The number of carbonyl (C=O) groups excluding carboxylic acids is 3. The summed E-state index contributed by atoms with van der Waals surface area (Å²) in [5.41, 5.74) is 0. The fourth-order valence-corrected chi connectivity index (χ4v) is 9.01. The lowest BCUT2D eigenvalue weighted by Crippen LogP contribution is -2.30. The number of rotatable bonds is 55. The largest absolute Gasteiger partial charge is 0.462 e. The Morgan fingerprint density at radius 3 is 0.896 bits per heavy atom. The summed E-state index contributed by atoms with van der Waals surface area (Å²) in [4.78, 5) is 38.2. The first-order chi connectivity index (χ1) is 33.0. The van der Waals surface area contributed by atoms with Gasteiger partial charge in [0.05, 0.1) is 0 Å². The summed E-state index contributed by atoms with van der Waals surface area (Å²) < 4.78 is 16.9. The van der Waals surface area contributed by atoms with Crippen LogP contribution in [0.1, 0.15) is 329 Å². The first kappa shape index (κ1) is 64.9. The molecule has 0 aliphatic heterocycles. The van der Waals surface area contributed by atoms with Crippen molar-refractivity contribution in [2.75, 3.05) is 13.2 Å². The van der Waals surface area contributed by atoms with Crippen LogP contribution < -0.4 is 0 Å². The van der Waals surface area contributed by atoms with E-state index in [2.05, 4.69) is 45.1 Å². The van der Waals surface area contributed by atoms with Gasteiger partial charge < -0.3 is 14.2 Å². The highest BCUT2D eigenvalue weighted by Crippen LogP contribution is 2.18. The molecule has 0 N–H and O–H groups in total. The van der Waals surface area contributed by atoms with Gasteiger partial charge >= 0.3 is 17.9 Å². The van der Waals surface area contributed by atoms with Crippen LogP contribution in [-0.2, 0) is 28.6 Å². The Morgan fingerprint density at radius 2 is 0.582 bits per heavy atom. The van der Waals surface area contributed by atoms with E-state index in [9.17, 15) is 14.4 Å². The van der Waals surface area contributed by atoms with E-state index in [0.717, 1.165) is 77.0 Å². The summed E-state index contributed by atoms with van der Waals surface area (Å²) in [6, 6.07) is 0. The summed E-state index contributed by atoms with van der Waals surface area (Å²) in [5, 5.41) is 0. The van der Waals surface area contributed by atoms with Crippen LogP contribution in [0, 0.1) is 0 Å². The third kappa shape index (κ3) is 54.7. The van der Waals surface area contributed by atoms with Crippen molar-refractivity contribution in [2.45, 2.75) is 335 Å². The number of hydrogen-bond acceptors (Lipinski definition) is 6. The quantitative estimate of drug-likeness (QED) is 0.0262. The van der Waals surface area contributed by atoms with Crippen LogP contribution in [-0.4, -0.2) is 37.2 Å². The van der Waals surface area contributed by atoms with Crippen LogP contribution in [0.5, 0.6) is 0 Å². The van der Waals surface area contributed by atoms with Gasteiger partial charge in [-0.05, 0) is 44.9 Å². The Kier molecular flexibility index (Phi) is 54.7. The molecule has 0 rings (SSSR count). The lowest BCUT2D eigenvalue weighted by atomic mass is 10.0. The maximum Gasteiger partial charge on any atom is 0.306 e. The molecule has 0 bridgehead atoms. The van der Waals surface area contributed by atoms with E-state index in [1.807, 2.05) is 0 Å². The molecule has 0 aromatic carbocycles. The highest BCUT2D eigenvalue weighted by molar-refractivity contribution is 5.71. The third-order valence-corrected chi connectivity index (χ3v) is 13.5. The minimum Gasteiger partial charge on any atom is -0.462 e. The first-order valence-corrected chi connectivity index (χ1v) is 29.8. The predicted molar refractivity (Wildman–Crippen MR) is 289 cm³/mol. The molecule has 0 fully saturated rings. The van der Waals surface area contributed by atoms with E-state index in [1.54, 1.807) is 0 Å². The van der Waals surface area contributed by atoms with Crippen molar-refractivity contribution >= 4 is 17.9 Å². The second-order valence-electron chi connectivity index (χ2n) is 20.2. The molecular weight excluding hydrogens is 829 g/mol. The molecule has 0 saturated carbocycles.